The Morgan fingerprint density at radius 3 is 1.97 bits per heavy atom. The van der Waals surface area contributed by atoms with E-state index in [9.17, 15) is 27.6 Å². The van der Waals surface area contributed by atoms with Crippen molar-refractivity contribution in [1.29, 1.82) is 0 Å². The van der Waals surface area contributed by atoms with Crippen LogP contribution >= 0.6 is 0 Å². The van der Waals surface area contributed by atoms with Crippen LogP contribution in [0.1, 0.15) is 26.3 Å². The third-order valence-electron chi connectivity index (χ3n) is 3.97. The highest BCUT2D eigenvalue weighted by Crippen LogP contribution is 2.29. The summed E-state index contributed by atoms with van der Waals surface area (Å²) in [5, 5.41) is 2.16. The Kier molecular flexibility index (Phi) is 5.58. The molecule has 0 saturated carbocycles. The number of hydrogen-bond donors (Lipinski definition) is 3. The van der Waals surface area contributed by atoms with E-state index in [2.05, 4.69) is 5.32 Å². The molecule has 0 fully saturated rings. The summed E-state index contributed by atoms with van der Waals surface area (Å²) in [6.07, 6.45) is -4.14. The summed E-state index contributed by atoms with van der Waals surface area (Å²) in [6, 6.07) is 12.3. The lowest BCUT2D eigenvalue weighted by atomic mass is 10.2. The summed E-state index contributed by atoms with van der Waals surface area (Å²) in [6.45, 7) is 0. The Morgan fingerprint density at radius 2 is 1.47 bits per heavy atom. The number of rotatable bonds is 5. The zero-order chi connectivity index (χ0) is 21.9. The number of nitrogens with two attached hydrogens (primary N) is 1. The van der Waals surface area contributed by atoms with Gasteiger partial charge >= 0.3 is 6.18 Å². The molecule has 10 heteroatoms. The van der Waals surface area contributed by atoms with Crippen LogP contribution in [0.15, 0.2) is 65.6 Å². The number of anilines is 1. The van der Waals surface area contributed by atoms with E-state index in [1.807, 2.05) is 4.98 Å². The molecular weight excluding hydrogens is 403 g/mol. The highest BCUT2D eigenvalue weighted by Gasteiger charge is 2.31. The molecule has 1 aromatic heterocycles. The molecular formula is C20H14F3N3O4. The molecule has 0 saturated heterocycles. The number of aromatic nitrogens is 1. The molecule has 0 aliphatic heterocycles. The number of primary amides is 1. The summed E-state index contributed by atoms with van der Waals surface area (Å²) in [4.78, 5) is 37.0. The highest BCUT2D eigenvalue weighted by atomic mass is 19.4. The number of nitrogens with one attached hydrogen (secondary N) is 2. The number of benzene rings is 2. The molecule has 154 valence electrons. The van der Waals surface area contributed by atoms with Crippen molar-refractivity contribution in [1.82, 2.24) is 4.98 Å². The minimum Gasteiger partial charge on any atom is -0.457 e. The Labute approximate surface area is 167 Å². The van der Waals surface area contributed by atoms with Gasteiger partial charge < -0.3 is 20.8 Å². The van der Waals surface area contributed by atoms with Crippen LogP contribution in [0.5, 0.6) is 11.5 Å². The average molecular weight is 417 g/mol. The van der Waals surface area contributed by atoms with Crippen molar-refractivity contribution >= 4 is 17.5 Å². The van der Waals surface area contributed by atoms with Crippen LogP contribution in [0.3, 0.4) is 0 Å². The third kappa shape index (κ3) is 4.85. The number of amides is 2. The molecule has 2 aromatic carbocycles. The first-order valence-electron chi connectivity index (χ1n) is 8.42. The van der Waals surface area contributed by atoms with Gasteiger partial charge in [-0.3, -0.25) is 14.4 Å². The second kappa shape index (κ2) is 8.11. The summed E-state index contributed by atoms with van der Waals surface area (Å²) >= 11 is 0. The van der Waals surface area contributed by atoms with Crippen molar-refractivity contribution in [2.75, 3.05) is 5.32 Å². The van der Waals surface area contributed by atoms with Crippen LogP contribution < -0.4 is 21.3 Å². The van der Waals surface area contributed by atoms with Crippen LogP contribution in [-0.4, -0.2) is 16.8 Å². The molecule has 7 nitrogen and oxygen atoms in total. The van der Waals surface area contributed by atoms with Crippen molar-refractivity contribution in [2.45, 2.75) is 6.18 Å². The van der Waals surface area contributed by atoms with Gasteiger partial charge in [-0.15, -0.1) is 0 Å². The Balaban J connectivity index is 1.71. The average Bonchev–Trinajstić information content (AvgIpc) is 2.69. The van der Waals surface area contributed by atoms with E-state index in [4.69, 9.17) is 10.5 Å². The van der Waals surface area contributed by atoms with Crippen molar-refractivity contribution in [3.63, 3.8) is 0 Å². The van der Waals surface area contributed by atoms with E-state index < -0.39 is 34.8 Å². The molecule has 0 spiro atoms. The number of aromatic amines is 1. The SMILES string of the molecule is NC(=O)c1ccc(Oc2ccc(C(=O)Nc3cc(C(F)(F)F)c[nH]c3=O)cc2)cc1. The lowest BCUT2D eigenvalue weighted by Crippen LogP contribution is -2.21. The van der Waals surface area contributed by atoms with E-state index in [0.717, 1.165) is 0 Å². The zero-order valence-corrected chi connectivity index (χ0v) is 15.1. The first kappa shape index (κ1) is 20.6. The number of halogens is 3. The maximum atomic E-state index is 12.8. The molecule has 1 heterocycles. The lowest BCUT2D eigenvalue weighted by molar-refractivity contribution is -0.137. The quantitative estimate of drug-likeness (QED) is 0.589. The van der Waals surface area contributed by atoms with Gasteiger partial charge in [0.05, 0.1) is 5.56 Å². The number of carbonyl (C=O) groups excluding carboxylic acids is 2. The van der Waals surface area contributed by atoms with Gasteiger partial charge in [-0.25, -0.2) is 0 Å². The molecule has 4 N–H and O–H groups in total. The molecule has 3 aromatic rings. The van der Waals surface area contributed by atoms with E-state index >= 15 is 0 Å². The summed E-state index contributed by atoms with van der Waals surface area (Å²) in [5.41, 5.74) is 3.10. The van der Waals surface area contributed by atoms with Crippen LogP contribution in [0.2, 0.25) is 0 Å². The fourth-order valence-corrected chi connectivity index (χ4v) is 2.43. The molecule has 0 radical (unpaired) electrons. The molecule has 0 unspecified atom stereocenters. The predicted molar refractivity (Wildman–Crippen MR) is 101 cm³/mol. The van der Waals surface area contributed by atoms with Gasteiger partial charge in [-0.1, -0.05) is 0 Å². The van der Waals surface area contributed by atoms with Gasteiger partial charge in [0.1, 0.15) is 17.2 Å². The number of H-pyrrole nitrogens is 1. The van der Waals surface area contributed by atoms with E-state index in [1.54, 1.807) is 12.1 Å². The smallest absolute Gasteiger partial charge is 0.417 e. The molecule has 0 atom stereocenters. The fourth-order valence-electron chi connectivity index (χ4n) is 2.43. The number of alkyl halides is 3. The monoisotopic (exact) mass is 417 g/mol. The molecule has 0 aliphatic rings. The van der Waals surface area contributed by atoms with E-state index in [1.165, 1.54) is 36.4 Å². The molecule has 2 amide bonds. The van der Waals surface area contributed by atoms with Crippen molar-refractivity contribution in [3.8, 4) is 11.5 Å². The Bertz CT molecular complexity index is 1140. The van der Waals surface area contributed by atoms with Crippen molar-refractivity contribution < 1.29 is 27.5 Å². The number of pyridine rings is 1. The first-order chi connectivity index (χ1) is 14.1. The zero-order valence-electron chi connectivity index (χ0n) is 15.1. The fraction of sp³-hybridized carbons (Fsp3) is 0.0500. The first-order valence-corrected chi connectivity index (χ1v) is 8.42. The number of hydrogen-bond acceptors (Lipinski definition) is 4. The van der Waals surface area contributed by atoms with Crippen molar-refractivity contribution in [3.05, 3.63) is 87.8 Å². The minimum absolute atomic E-state index is 0.100. The van der Waals surface area contributed by atoms with Gasteiger partial charge in [0.2, 0.25) is 5.91 Å². The minimum atomic E-state index is -4.67. The van der Waals surface area contributed by atoms with Crippen molar-refractivity contribution in [2.24, 2.45) is 5.73 Å². The summed E-state index contributed by atoms with van der Waals surface area (Å²) in [7, 11) is 0. The molecule has 0 bridgehead atoms. The third-order valence-corrected chi connectivity index (χ3v) is 3.97. The predicted octanol–water partition coefficient (Wildman–Crippen LogP) is 3.54. The maximum absolute atomic E-state index is 12.8. The lowest BCUT2D eigenvalue weighted by Gasteiger charge is -2.10. The molecule has 30 heavy (non-hydrogen) atoms. The molecule has 0 aliphatic carbocycles. The Hall–Kier alpha value is -4.08. The van der Waals surface area contributed by atoms with Gasteiger partial charge in [0.15, 0.2) is 0 Å². The van der Waals surface area contributed by atoms with Gasteiger partial charge in [-0.05, 0) is 54.6 Å². The second-order valence-corrected chi connectivity index (χ2v) is 6.10. The normalized spacial score (nSPS) is 11.0. The second-order valence-electron chi connectivity index (χ2n) is 6.10. The van der Waals surface area contributed by atoms with E-state index in [0.29, 0.717) is 29.3 Å². The van der Waals surface area contributed by atoms with Gasteiger partial charge in [-0.2, -0.15) is 13.2 Å². The summed E-state index contributed by atoms with van der Waals surface area (Å²) < 4.78 is 43.9. The molecule has 3 rings (SSSR count). The standard InChI is InChI=1S/C20H14F3N3O4/c21-20(22,23)13-9-16(19(29)25-10-13)26-18(28)12-3-7-15(8-4-12)30-14-5-1-11(2-6-14)17(24)27/h1-10H,(H2,24,27)(H,25,29)(H,26,28). The van der Waals surface area contributed by atoms with Gasteiger partial charge in [0.25, 0.3) is 11.5 Å². The topological polar surface area (TPSA) is 114 Å². The van der Waals surface area contributed by atoms with Crippen LogP contribution in [-0.2, 0) is 6.18 Å². The number of carbonyl (C=O) groups is 2. The number of ether oxygens (including phenoxy) is 1. The van der Waals surface area contributed by atoms with E-state index in [-0.39, 0.29) is 5.56 Å². The maximum Gasteiger partial charge on any atom is 0.417 e. The largest absolute Gasteiger partial charge is 0.457 e. The van der Waals surface area contributed by atoms with Crippen LogP contribution in [0.4, 0.5) is 18.9 Å². The van der Waals surface area contributed by atoms with Crippen LogP contribution in [0, 0.1) is 0 Å². The Morgan fingerprint density at radius 1 is 0.933 bits per heavy atom. The summed E-state index contributed by atoms with van der Waals surface area (Å²) in [5.74, 6) is -0.545. The van der Waals surface area contributed by atoms with Gasteiger partial charge in [0, 0.05) is 17.3 Å². The highest BCUT2D eigenvalue weighted by molar-refractivity contribution is 6.04. The van der Waals surface area contributed by atoms with Crippen LogP contribution in [0.25, 0.3) is 0 Å².